The highest BCUT2D eigenvalue weighted by Crippen LogP contribution is 2.63. The normalized spacial score (nSPS) is 43.1. The molecule has 0 N–H and O–H groups in total. The van der Waals surface area contributed by atoms with E-state index in [1.807, 2.05) is 0 Å². The van der Waals surface area contributed by atoms with Gasteiger partial charge in [0.15, 0.2) is 5.78 Å². The molecule has 2 aliphatic rings. The zero-order valence-electron chi connectivity index (χ0n) is 7.55. The van der Waals surface area contributed by atoms with Crippen LogP contribution >= 0.6 is 0 Å². The van der Waals surface area contributed by atoms with E-state index < -0.39 is 5.41 Å². The molecule has 0 unspecified atom stereocenters. The monoisotopic (exact) mass is 163 g/mol. The Morgan fingerprint density at radius 2 is 2.25 bits per heavy atom. The predicted molar refractivity (Wildman–Crippen MR) is 44.2 cm³/mol. The lowest BCUT2D eigenvalue weighted by Gasteiger charge is -2.29. The van der Waals surface area contributed by atoms with E-state index in [4.69, 9.17) is 5.26 Å². The van der Waals surface area contributed by atoms with Gasteiger partial charge in [-0.15, -0.1) is 0 Å². The molecule has 0 aromatic carbocycles. The fourth-order valence-electron chi connectivity index (χ4n) is 2.94. The standard InChI is InChI=1S/C10H13NO/c1-9(2)7-3-4-10(9,6-11)8(12)5-7/h7H,3-5H2,1-2H3/t7-,10+/m1/s1. The molecule has 2 fully saturated rings. The molecule has 2 bridgehead atoms. The van der Waals surface area contributed by atoms with E-state index in [0.717, 1.165) is 12.8 Å². The third-order valence-corrected chi connectivity index (χ3v) is 4.09. The second kappa shape index (κ2) is 1.90. The van der Waals surface area contributed by atoms with E-state index in [-0.39, 0.29) is 11.2 Å². The Labute approximate surface area is 72.6 Å². The van der Waals surface area contributed by atoms with Crippen LogP contribution in [0.4, 0.5) is 0 Å². The smallest absolute Gasteiger partial charge is 0.153 e. The van der Waals surface area contributed by atoms with Crippen molar-refractivity contribution in [1.29, 1.82) is 5.26 Å². The van der Waals surface area contributed by atoms with Crippen LogP contribution in [0.3, 0.4) is 0 Å². The van der Waals surface area contributed by atoms with Crippen molar-refractivity contribution in [3.05, 3.63) is 0 Å². The van der Waals surface area contributed by atoms with E-state index in [0.29, 0.717) is 12.3 Å². The highest BCUT2D eigenvalue weighted by molar-refractivity contribution is 5.92. The van der Waals surface area contributed by atoms with Crippen LogP contribution in [-0.4, -0.2) is 5.78 Å². The van der Waals surface area contributed by atoms with E-state index in [2.05, 4.69) is 19.9 Å². The molecule has 0 aliphatic heterocycles. The fourth-order valence-corrected chi connectivity index (χ4v) is 2.94. The van der Waals surface area contributed by atoms with Crippen molar-refractivity contribution in [2.45, 2.75) is 33.1 Å². The predicted octanol–water partition coefficient (Wildman–Crippen LogP) is 1.91. The number of carbonyl (C=O) groups excluding carboxylic acids is 1. The van der Waals surface area contributed by atoms with Crippen LogP contribution in [0.15, 0.2) is 0 Å². The lowest BCUT2D eigenvalue weighted by atomic mass is 9.70. The Morgan fingerprint density at radius 3 is 2.50 bits per heavy atom. The summed E-state index contributed by atoms with van der Waals surface area (Å²) in [6.07, 6.45) is 2.49. The van der Waals surface area contributed by atoms with Crippen LogP contribution in [0.5, 0.6) is 0 Å². The average molecular weight is 163 g/mol. The average Bonchev–Trinajstić information content (AvgIpc) is 2.36. The molecule has 2 atom stereocenters. The van der Waals surface area contributed by atoms with Gasteiger partial charge in [-0.3, -0.25) is 4.79 Å². The molecule has 2 saturated carbocycles. The van der Waals surface area contributed by atoms with Crippen molar-refractivity contribution in [2.75, 3.05) is 0 Å². The number of nitrogens with zero attached hydrogens (tertiary/aromatic N) is 1. The molecule has 2 nitrogen and oxygen atoms in total. The van der Waals surface area contributed by atoms with Crippen molar-refractivity contribution in [2.24, 2.45) is 16.7 Å². The number of carbonyl (C=O) groups is 1. The van der Waals surface area contributed by atoms with Gasteiger partial charge in [0.05, 0.1) is 6.07 Å². The highest BCUT2D eigenvalue weighted by atomic mass is 16.1. The summed E-state index contributed by atoms with van der Waals surface area (Å²) in [6.45, 7) is 4.14. The van der Waals surface area contributed by atoms with Crippen molar-refractivity contribution in [3.8, 4) is 6.07 Å². The third kappa shape index (κ3) is 0.555. The SMILES string of the molecule is CC1(C)[C@@H]2CC[C@]1(C#N)C(=O)C2. The summed E-state index contributed by atoms with van der Waals surface area (Å²) < 4.78 is 0. The number of hydrogen-bond acceptors (Lipinski definition) is 2. The van der Waals surface area contributed by atoms with Crippen LogP contribution in [0.1, 0.15) is 33.1 Å². The molecule has 0 radical (unpaired) electrons. The number of Topliss-reactive ketones (excluding diaryl/α,β-unsaturated/α-hetero) is 1. The minimum absolute atomic E-state index is 0.0706. The Morgan fingerprint density at radius 1 is 1.58 bits per heavy atom. The molecule has 2 rings (SSSR count). The second-order valence-corrected chi connectivity index (χ2v) is 4.60. The van der Waals surface area contributed by atoms with Crippen LogP contribution < -0.4 is 0 Å². The number of ketones is 1. The zero-order chi connectivity index (χ0) is 8.98. The molecule has 64 valence electrons. The molecule has 0 amide bonds. The van der Waals surface area contributed by atoms with E-state index in [1.54, 1.807) is 0 Å². The third-order valence-electron chi connectivity index (χ3n) is 4.09. The first-order chi connectivity index (χ1) is 5.54. The topological polar surface area (TPSA) is 40.9 Å². The summed E-state index contributed by atoms with van der Waals surface area (Å²) in [5.41, 5.74) is -0.698. The molecule has 0 spiro atoms. The van der Waals surface area contributed by atoms with E-state index in [9.17, 15) is 4.79 Å². The highest BCUT2D eigenvalue weighted by Gasteiger charge is 2.64. The summed E-state index contributed by atoms with van der Waals surface area (Å²) in [5, 5.41) is 9.08. The van der Waals surface area contributed by atoms with Gasteiger partial charge in [-0.1, -0.05) is 13.8 Å². The molecule has 0 aromatic heterocycles. The summed E-state index contributed by atoms with van der Waals surface area (Å²) in [5.74, 6) is 0.649. The molecule has 2 aliphatic carbocycles. The Balaban J connectivity index is 2.55. The zero-order valence-corrected chi connectivity index (χ0v) is 7.55. The van der Waals surface area contributed by atoms with Crippen molar-refractivity contribution in [3.63, 3.8) is 0 Å². The molecule has 0 heterocycles. The van der Waals surface area contributed by atoms with Gasteiger partial charge in [0.1, 0.15) is 5.41 Å². The number of nitriles is 1. The minimum Gasteiger partial charge on any atom is -0.298 e. The molecular formula is C10H13NO. The van der Waals surface area contributed by atoms with Crippen LogP contribution in [0, 0.1) is 28.1 Å². The van der Waals surface area contributed by atoms with Crippen molar-refractivity contribution in [1.82, 2.24) is 0 Å². The van der Waals surface area contributed by atoms with Crippen LogP contribution in [0.25, 0.3) is 0 Å². The summed E-state index contributed by atoms with van der Waals surface area (Å²) in [7, 11) is 0. The molecular weight excluding hydrogens is 150 g/mol. The maximum Gasteiger partial charge on any atom is 0.153 e. The Kier molecular flexibility index (Phi) is 1.24. The van der Waals surface area contributed by atoms with Gasteiger partial charge >= 0.3 is 0 Å². The van der Waals surface area contributed by atoms with Gasteiger partial charge in [0.2, 0.25) is 0 Å². The van der Waals surface area contributed by atoms with Crippen molar-refractivity contribution < 1.29 is 4.79 Å². The van der Waals surface area contributed by atoms with Crippen LogP contribution in [0.2, 0.25) is 0 Å². The summed E-state index contributed by atoms with van der Waals surface area (Å²) in [6, 6.07) is 2.26. The summed E-state index contributed by atoms with van der Waals surface area (Å²) >= 11 is 0. The molecule has 0 saturated heterocycles. The Bertz CT molecular complexity index is 287. The van der Waals surface area contributed by atoms with E-state index >= 15 is 0 Å². The molecule has 2 heteroatoms. The van der Waals surface area contributed by atoms with Gasteiger partial charge < -0.3 is 0 Å². The van der Waals surface area contributed by atoms with E-state index in [1.165, 1.54) is 0 Å². The van der Waals surface area contributed by atoms with Gasteiger partial charge in [-0.25, -0.2) is 0 Å². The minimum atomic E-state index is -0.627. The Hall–Kier alpha value is -0.840. The fraction of sp³-hybridized carbons (Fsp3) is 0.800. The number of fused-ring (bicyclic) bond motifs is 2. The van der Waals surface area contributed by atoms with Crippen molar-refractivity contribution >= 4 is 5.78 Å². The lowest BCUT2D eigenvalue weighted by molar-refractivity contribution is -0.126. The first-order valence-electron chi connectivity index (χ1n) is 4.49. The maximum atomic E-state index is 11.6. The molecule has 0 aromatic rings. The first kappa shape index (κ1) is 7.79. The quantitative estimate of drug-likeness (QED) is 0.547. The van der Waals surface area contributed by atoms with Gasteiger partial charge in [0.25, 0.3) is 0 Å². The lowest BCUT2D eigenvalue weighted by Crippen LogP contribution is -2.34. The number of hydrogen-bond donors (Lipinski definition) is 0. The van der Waals surface area contributed by atoms with Gasteiger partial charge in [0, 0.05) is 6.42 Å². The number of rotatable bonds is 0. The first-order valence-corrected chi connectivity index (χ1v) is 4.49. The van der Waals surface area contributed by atoms with Gasteiger partial charge in [-0.2, -0.15) is 5.26 Å². The van der Waals surface area contributed by atoms with Gasteiger partial charge in [-0.05, 0) is 24.2 Å². The second-order valence-electron chi connectivity index (χ2n) is 4.60. The largest absolute Gasteiger partial charge is 0.298 e. The van der Waals surface area contributed by atoms with Crippen LogP contribution in [-0.2, 0) is 4.79 Å². The maximum absolute atomic E-state index is 11.6. The summed E-state index contributed by atoms with van der Waals surface area (Å²) in [4.78, 5) is 11.6. The molecule has 12 heavy (non-hydrogen) atoms.